The predicted octanol–water partition coefficient (Wildman–Crippen LogP) is 2.79. The van der Waals surface area contributed by atoms with Crippen molar-refractivity contribution in [1.29, 1.82) is 0 Å². The molecule has 2 fully saturated rings. The molecule has 2 aromatic rings. The second kappa shape index (κ2) is 7.44. The van der Waals surface area contributed by atoms with Gasteiger partial charge in [0, 0.05) is 25.3 Å². The van der Waals surface area contributed by atoms with Crippen LogP contribution < -0.4 is 0 Å². The van der Waals surface area contributed by atoms with Gasteiger partial charge in [0.25, 0.3) is 5.91 Å². The highest BCUT2D eigenvalue weighted by atomic mass is 16.5. The number of nitrogens with zero attached hydrogens (tertiary/aromatic N) is 2. The lowest BCUT2D eigenvalue weighted by Crippen LogP contribution is -2.56. The monoisotopic (exact) mass is 369 g/mol. The van der Waals surface area contributed by atoms with E-state index in [9.17, 15) is 9.90 Å². The summed E-state index contributed by atoms with van der Waals surface area (Å²) in [6.45, 7) is 4.01. The van der Waals surface area contributed by atoms with Gasteiger partial charge in [-0.2, -0.15) is 5.10 Å². The zero-order chi connectivity index (χ0) is 18.9. The molecule has 144 valence electrons. The SMILES string of the molecule is CCc1ccc(-c2cc(C(=O)N3CCC4(CC3)OCCC[C@@H]4O)[nH]n2)cc1. The van der Waals surface area contributed by atoms with Gasteiger partial charge in [0.1, 0.15) is 5.69 Å². The molecule has 1 spiro atoms. The topological polar surface area (TPSA) is 78.5 Å². The number of aliphatic hydroxyl groups is 1. The molecule has 0 unspecified atom stereocenters. The van der Waals surface area contributed by atoms with Gasteiger partial charge in [-0.25, -0.2) is 0 Å². The van der Waals surface area contributed by atoms with E-state index in [0.29, 0.717) is 38.2 Å². The van der Waals surface area contributed by atoms with Gasteiger partial charge < -0.3 is 14.7 Å². The maximum absolute atomic E-state index is 12.8. The third-order valence-electron chi connectivity index (χ3n) is 5.98. The van der Waals surface area contributed by atoms with Crippen molar-refractivity contribution >= 4 is 5.91 Å². The van der Waals surface area contributed by atoms with Crippen LogP contribution in [-0.4, -0.2) is 57.5 Å². The van der Waals surface area contributed by atoms with Crippen LogP contribution in [-0.2, 0) is 11.2 Å². The van der Waals surface area contributed by atoms with Gasteiger partial charge in [-0.1, -0.05) is 31.2 Å². The number of piperidine rings is 1. The fourth-order valence-corrected chi connectivity index (χ4v) is 4.14. The van der Waals surface area contributed by atoms with Crippen molar-refractivity contribution < 1.29 is 14.6 Å². The number of ether oxygens (including phenoxy) is 1. The van der Waals surface area contributed by atoms with Crippen LogP contribution in [0.1, 0.15) is 48.7 Å². The number of hydrogen-bond donors (Lipinski definition) is 2. The molecule has 2 aliphatic heterocycles. The van der Waals surface area contributed by atoms with Crippen LogP contribution in [0, 0.1) is 0 Å². The molecule has 4 rings (SSSR count). The van der Waals surface area contributed by atoms with Crippen molar-refractivity contribution in [3.05, 3.63) is 41.6 Å². The number of aliphatic hydroxyl groups excluding tert-OH is 1. The van der Waals surface area contributed by atoms with E-state index in [1.807, 2.05) is 23.1 Å². The Hall–Kier alpha value is -2.18. The summed E-state index contributed by atoms with van der Waals surface area (Å²) in [4.78, 5) is 14.7. The lowest BCUT2D eigenvalue weighted by Gasteiger charge is -2.46. The van der Waals surface area contributed by atoms with Gasteiger partial charge in [0.15, 0.2) is 0 Å². The first kappa shape index (κ1) is 18.2. The minimum atomic E-state index is -0.463. The standard InChI is InChI=1S/C21H27N3O3/c1-2-15-5-7-16(8-6-15)17-14-18(23-22-17)20(26)24-11-9-21(10-12-24)19(25)4-3-13-27-21/h5-8,14,19,25H,2-4,9-13H2,1H3,(H,22,23)/t19-/m0/s1. The molecule has 27 heavy (non-hydrogen) atoms. The highest BCUT2D eigenvalue weighted by Gasteiger charge is 2.44. The number of nitrogens with one attached hydrogen (secondary N) is 1. The Morgan fingerprint density at radius 1 is 1.33 bits per heavy atom. The molecule has 0 saturated carbocycles. The first-order valence-corrected chi connectivity index (χ1v) is 9.87. The number of carbonyl (C=O) groups excluding carboxylic acids is 1. The second-order valence-electron chi connectivity index (χ2n) is 7.58. The summed E-state index contributed by atoms with van der Waals surface area (Å²) in [5.74, 6) is -0.0425. The van der Waals surface area contributed by atoms with Crippen LogP contribution in [0.5, 0.6) is 0 Å². The number of hydrogen-bond acceptors (Lipinski definition) is 4. The van der Waals surface area contributed by atoms with E-state index < -0.39 is 11.7 Å². The number of amides is 1. The summed E-state index contributed by atoms with van der Waals surface area (Å²) in [6.07, 6.45) is 3.63. The van der Waals surface area contributed by atoms with E-state index in [2.05, 4.69) is 29.3 Å². The zero-order valence-corrected chi connectivity index (χ0v) is 15.8. The number of aromatic amines is 1. The van der Waals surface area contributed by atoms with E-state index in [0.717, 1.165) is 30.5 Å². The summed E-state index contributed by atoms with van der Waals surface area (Å²) in [5.41, 5.74) is 3.10. The maximum atomic E-state index is 12.8. The van der Waals surface area contributed by atoms with Gasteiger partial charge in [0.2, 0.25) is 0 Å². The Bertz CT molecular complexity index is 791. The molecule has 1 atom stereocenters. The Morgan fingerprint density at radius 2 is 2.07 bits per heavy atom. The van der Waals surface area contributed by atoms with E-state index in [4.69, 9.17) is 4.74 Å². The Morgan fingerprint density at radius 3 is 2.74 bits per heavy atom. The fourth-order valence-electron chi connectivity index (χ4n) is 4.14. The van der Waals surface area contributed by atoms with Gasteiger partial charge in [-0.15, -0.1) is 0 Å². The average Bonchev–Trinajstić information content (AvgIpc) is 3.21. The van der Waals surface area contributed by atoms with Crippen LogP contribution in [0.15, 0.2) is 30.3 Å². The summed E-state index contributed by atoms with van der Waals surface area (Å²) in [5, 5.41) is 17.6. The van der Waals surface area contributed by atoms with E-state index in [1.165, 1.54) is 5.56 Å². The Balaban J connectivity index is 1.42. The van der Waals surface area contributed by atoms with Crippen molar-refractivity contribution in [1.82, 2.24) is 15.1 Å². The summed E-state index contributed by atoms with van der Waals surface area (Å²) < 4.78 is 5.93. The van der Waals surface area contributed by atoms with Gasteiger partial charge >= 0.3 is 0 Å². The van der Waals surface area contributed by atoms with Crippen LogP contribution in [0.4, 0.5) is 0 Å². The quantitative estimate of drug-likeness (QED) is 0.872. The summed E-state index contributed by atoms with van der Waals surface area (Å²) >= 11 is 0. The highest BCUT2D eigenvalue weighted by Crippen LogP contribution is 2.35. The molecule has 2 saturated heterocycles. The van der Waals surface area contributed by atoms with Gasteiger partial charge in [-0.05, 0) is 43.7 Å². The molecule has 1 amide bonds. The third-order valence-corrected chi connectivity index (χ3v) is 5.98. The molecule has 1 aromatic heterocycles. The van der Waals surface area contributed by atoms with E-state index in [-0.39, 0.29) is 5.91 Å². The first-order valence-electron chi connectivity index (χ1n) is 9.87. The van der Waals surface area contributed by atoms with Crippen molar-refractivity contribution in [3.8, 4) is 11.3 Å². The number of carbonyl (C=O) groups is 1. The van der Waals surface area contributed by atoms with Crippen LogP contribution in [0.2, 0.25) is 0 Å². The molecule has 0 bridgehead atoms. The molecule has 6 nitrogen and oxygen atoms in total. The van der Waals surface area contributed by atoms with Crippen molar-refractivity contribution in [2.24, 2.45) is 0 Å². The first-order chi connectivity index (χ1) is 13.1. The summed E-state index contributed by atoms with van der Waals surface area (Å²) in [7, 11) is 0. The fraction of sp³-hybridized carbons (Fsp3) is 0.524. The molecule has 3 heterocycles. The number of rotatable bonds is 3. The average molecular weight is 369 g/mol. The van der Waals surface area contributed by atoms with E-state index >= 15 is 0 Å². The molecular formula is C21H27N3O3. The van der Waals surface area contributed by atoms with Gasteiger partial charge in [0.05, 0.1) is 17.4 Å². The van der Waals surface area contributed by atoms with Crippen molar-refractivity contribution in [3.63, 3.8) is 0 Å². The maximum Gasteiger partial charge on any atom is 0.271 e. The minimum Gasteiger partial charge on any atom is -0.390 e. The van der Waals surface area contributed by atoms with Crippen LogP contribution >= 0.6 is 0 Å². The Kier molecular flexibility index (Phi) is 5.02. The van der Waals surface area contributed by atoms with Crippen LogP contribution in [0.3, 0.4) is 0 Å². The number of likely N-dealkylation sites (tertiary alicyclic amines) is 1. The third kappa shape index (κ3) is 3.51. The molecule has 0 aliphatic carbocycles. The Labute approximate surface area is 159 Å². The van der Waals surface area contributed by atoms with Crippen molar-refractivity contribution in [2.75, 3.05) is 19.7 Å². The molecule has 2 N–H and O–H groups in total. The molecule has 0 radical (unpaired) electrons. The van der Waals surface area contributed by atoms with Gasteiger partial charge in [-0.3, -0.25) is 9.89 Å². The highest BCUT2D eigenvalue weighted by molar-refractivity contribution is 5.93. The van der Waals surface area contributed by atoms with E-state index in [1.54, 1.807) is 0 Å². The normalized spacial score (nSPS) is 22.1. The molecule has 1 aromatic carbocycles. The predicted molar refractivity (Wildman–Crippen MR) is 102 cm³/mol. The number of aromatic nitrogens is 2. The second-order valence-corrected chi connectivity index (χ2v) is 7.58. The number of benzene rings is 1. The molecular weight excluding hydrogens is 342 g/mol. The summed E-state index contributed by atoms with van der Waals surface area (Å²) in [6, 6.07) is 10.1. The smallest absolute Gasteiger partial charge is 0.271 e. The minimum absolute atomic E-state index is 0.0425. The molecule has 2 aliphatic rings. The van der Waals surface area contributed by atoms with Crippen molar-refractivity contribution in [2.45, 2.75) is 50.7 Å². The number of H-pyrrole nitrogens is 1. The molecule has 6 heteroatoms. The largest absolute Gasteiger partial charge is 0.390 e. The lowest BCUT2D eigenvalue weighted by molar-refractivity contribution is -0.174. The lowest BCUT2D eigenvalue weighted by atomic mass is 9.82. The number of aryl methyl sites for hydroxylation is 1. The van der Waals surface area contributed by atoms with Crippen LogP contribution in [0.25, 0.3) is 11.3 Å². The zero-order valence-electron chi connectivity index (χ0n) is 15.8.